The van der Waals surface area contributed by atoms with E-state index >= 15 is 0 Å². The lowest BCUT2D eigenvalue weighted by molar-refractivity contribution is -0.115. The van der Waals surface area contributed by atoms with E-state index in [2.05, 4.69) is 25.9 Å². The number of amides is 3. The van der Waals surface area contributed by atoms with Crippen LogP contribution in [0.2, 0.25) is 0 Å². The van der Waals surface area contributed by atoms with Crippen LogP contribution in [0.25, 0.3) is 11.7 Å². The molecule has 1 atom stereocenters. The molecule has 2 saturated heterocycles. The zero-order valence-corrected chi connectivity index (χ0v) is 15.2. The van der Waals surface area contributed by atoms with E-state index in [4.69, 9.17) is 4.98 Å². The van der Waals surface area contributed by atoms with Gasteiger partial charge >= 0.3 is 6.03 Å². The summed E-state index contributed by atoms with van der Waals surface area (Å²) in [5, 5.41) is 22.3. The van der Waals surface area contributed by atoms with Crippen molar-refractivity contribution in [3.63, 3.8) is 0 Å². The second-order valence-corrected chi connectivity index (χ2v) is 7.39. The molecule has 5 rings (SSSR count). The van der Waals surface area contributed by atoms with Crippen molar-refractivity contribution < 1.29 is 14.7 Å². The van der Waals surface area contributed by atoms with Crippen LogP contribution in [-0.4, -0.2) is 56.9 Å². The molecule has 3 aliphatic rings. The fourth-order valence-corrected chi connectivity index (χ4v) is 3.72. The highest BCUT2D eigenvalue weighted by Gasteiger charge is 2.29. The zero-order valence-electron chi connectivity index (χ0n) is 15.2. The normalized spacial score (nSPS) is 23.5. The zero-order chi connectivity index (χ0) is 19.3. The van der Waals surface area contributed by atoms with Gasteiger partial charge in [-0.05, 0) is 31.8 Å². The number of fused-ring (bicyclic) bond motifs is 1. The molecule has 0 radical (unpaired) electrons. The van der Waals surface area contributed by atoms with Gasteiger partial charge in [0.05, 0.1) is 18.8 Å². The van der Waals surface area contributed by atoms with Crippen molar-refractivity contribution in [3.05, 3.63) is 23.5 Å². The lowest BCUT2D eigenvalue weighted by Gasteiger charge is -2.25. The van der Waals surface area contributed by atoms with E-state index in [1.165, 1.54) is 0 Å². The van der Waals surface area contributed by atoms with Crippen LogP contribution in [-0.2, 0) is 4.79 Å². The first-order chi connectivity index (χ1) is 13.6. The molecule has 2 aromatic heterocycles. The summed E-state index contributed by atoms with van der Waals surface area (Å²) in [6, 6.07) is 1.90. The molecule has 4 N–H and O–H groups in total. The predicted molar refractivity (Wildman–Crippen MR) is 102 cm³/mol. The first-order valence-corrected chi connectivity index (χ1v) is 9.49. The van der Waals surface area contributed by atoms with E-state index in [0.717, 1.165) is 43.9 Å². The number of hydrogen-bond donors (Lipinski definition) is 4. The van der Waals surface area contributed by atoms with Crippen LogP contribution in [0, 0.1) is 0 Å². The van der Waals surface area contributed by atoms with Gasteiger partial charge in [0.25, 0.3) is 5.91 Å². The van der Waals surface area contributed by atoms with Gasteiger partial charge in [0, 0.05) is 24.2 Å². The third-order valence-electron chi connectivity index (χ3n) is 5.32. The van der Waals surface area contributed by atoms with Crippen molar-refractivity contribution in [1.82, 2.24) is 25.2 Å². The molecular weight excluding hydrogens is 362 g/mol. The first kappa shape index (κ1) is 17.0. The van der Waals surface area contributed by atoms with E-state index in [1.54, 1.807) is 16.8 Å². The van der Waals surface area contributed by atoms with Crippen LogP contribution < -0.4 is 20.9 Å². The van der Waals surface area contributed by atoms with E-state index in [1.807, 2.05) is 6.07 Å². The van der Waals surface area contributed by atoms with Crippen LogP contribution in [0.3, 0.4) is 0 Å². The molecule has 28 heavy (non-hydrogen) atoms. The average Bonchev–Trinajstić information content (AvgIpc) is 3.08. The van der Waals surface area contributed by atoms with Crippen LogP contribution >= 0.6 is 0 Å². The molecule has 146 valence electrons. The summed E-state index contributed by atoms with van der Waals surface area (Å²) in [6.45, 7) is 0.918. The van der Waals surface area contributed by atoms with Crippen LogP contribution in [0.1, 0.15) is 31.2 Å². The molecular formula is C18H21N7O3. The van der Waals surface area contributed by atoms with E-state index in [0.29, 0.717) is 17.3 Å². The number of urea groups is 1. The molecule has 3 amide bonds. The smallest absolute Gasteiger partial charge is 0.326 e. The minimum atomic E-state index is -0.541. The quantitative estimate of drug-likeness (QED) is 0.436. The van der Waals surface area contributed by atoms with E-state index in [9.17, 15) is 14.7 Å². The molecule has 0 aromatic carbocycles. The maximum absolute atomic E-state index is 11.9. The summed E-state index contributed by atoms with van der Waals surface area (Å²) >= 11 is 0. The molecule has 0 spiro atoms. The number of aliphatic hydroxyl groups is 1. The van der Waals surface area contributed by atoms with Crippen molar-refractivity contribution in [2.75, 3.05) is 23.4 Å². The SMILES string of the molecule is O=C1NC(=O)/C(=C/c2cnn3c(NC4CC4)cc(N4CCC[C@@H]4CO)nc23)N1. The standard InChI is InChI=1S/C18H21N7O3/c26-9-12-2-1-5-24(12)14-7-15(20-11-3-4-11)25-16(22-14)10(8-19-25)6-13-17(27)23-18(28)21-13/h6-8,11-12,20,26H,1-5,9H2,(H2,21,23,27,28)/b13-6-/t12-/m1/s1. The van der Waals surface area contributed by atoms with Gasteiger partial charge in [-0.3, -0.25) is 10.1 Å². The first-order valence-electron chi connectivity index (χ1n) is 9.49. The number of aromatic nitrogens is 3. The predicted octanol–water partition coefficient (Wildman–Crippen LogP) is 0.445. The number of anilines is 2. The third kappa shape index (κ3) is 2.95. The highest BCUT2D eigenvalue weighted by molar-refractivity contribution is 6.14. The Bertz CT molecular complexity index is 994. The summed E-state index contributed by atoms with van der Waals surface area (Å²) in [5.41, 5.74) is 1.39. The lowest BCUT2D eigenvalue weighted by atomic mass is 10.2. The van der Waals surface area contributed by atoms with Gasteiger partial charge in [-0.15, -0.1) is 0 Å². The minimum Gasteiger partial charge on any atom is -0.394 e. The average molecular weight is 383 g/mol. The Labute approximate surface area is 160 Å². The number of nitrogens with one attached hydrogen (secondary N) is 3. The van der Waals surface area contributed by atoms with Crippen molar-refractivity contribution in [2.45, 2.75) is 37.8 Å². The summed E-state index contributed by atoms with van der Waals surface area (Å²) in [4.78, 5) is 30.1. The van der Waals surface area contributed by atoms with Gasteiger partial charge in [-0.2, -0.15) is 9.61 Å². The lowest BCUT2D eigenvalue weighted by Crippen LogP contribution is -2.33. The van der Waals surface area contributed by atoms with Crippen LogP contribution in [0.15, 0.2) is 18.0 Å². The summed E-state index contributed by atoms with van der Waals surface area (Å²) in [6.07, 6.45) is 7.37. The molecule has 3 fully saturated rings. The Morgan fingerprint density at radius 3 is 2.86 bits per heavy atom. The van der Waals surface area contributed by atoms with Crippen LogP contribution in [0.5, 0.6) is 0 Å². The molecule has 2 aliphatic heterocycles. The second-order valence-electron chi connectivity index (χ2n) is 7.39. The number of carbonyl (C=O) groups is 2. The number of imide groups is 1. The minimum absolute atomic E-state index is 0.0494. The molecule has 0 bridgehead atoms. The maximum Gasteiger partial charge on any atom is 0.326 e. The Kier molecular flexibility index (Phi) is 3.93. The molecule has 2 aromatic rings. The Morgan fingerprint density at radius 2 is 2.14 bits per heavy atom. The van der Waals surface area contributed by atoms with Gasteiger partial charge in [0.15, 0.2) is 5.65 Å². The Balaban J connectivity index is 1.60. The van der Waals surface area contributed by atoms with Gasteiger partial charge in [-0.25, -0.2) is 9.78 Å². The van der Waals surface area contributed by atoms with Crippen molar-refractivity contribution in [1.29, 1.82) is 0 Å². The number of rotatable bonds is 5. The van der Waals surface area contributed by atoms with Crippen LogP contribution in [0.4, 0.5) is 16.4 Å². The molecule has 10 nitrogen and oxygen atoms in total. The Hall–Kier alpha value is -3.14. The number of hydrogen-bond acceptors (Lipinski definition) is 7. The summed E-state index contributed by atoms with van der Waals surface area (Å²) < 4.78 is 1.72. The van der Waals surface area contributed by atoms with Gasteiger partial charge in [0.1, 0.15) is 17.3 Å². The van der Waals surface area contributed by atoms with Crippen molar-refractivity contribution in [3.8, 4) is 0 Å². The molecule has 1 aliphatic carbocycles. The molecule has 4 heterocycles. The second kappa shape index (κ2) is 6.48. The molecule has 1 saturated carbocycles. The highest BCUT2D eigenvalue weighted by Crippen LogP contribution is 2.31. The fourth-order valence-electron chi connectivity index (χ4n) is 3.72. The monoisotopic (exact) mass is 383 g/mol. The molecule has 10 heteroatoms. The Morgan fingerprint density at radius 1 is 1.29 bits per heavy atom. The van der Waals surface area contributed by atoms with Crippen molar-refractivity contribution >= 4 is 35.3 Å². The van der Waals surface area contributed by atoms with Crippen molar-refractivity contribution in [2.24, 2.45) is 0 Å². The van der Waals surface area contributed by atoms with Gasteiger partial charge in [0.2, 0.25) is 0 Å². The largest absolute Gasteiger partial charge is 0.394 e. The highest BCUT2D eigenvalue weighted by atomic mass is 16.3. The molecule has 0 unspecified atom stereocenters. The maximum atomic E-state index is 11.9. The summed E-state index contributed by atoms with van der Waals surface area (Å²) in [5.74, 6) is 1.12. The summed E-state index contributed by atoms with van der Waals surface area (Å²) in [7, 11) is 0. The number of nitrogens with zero attached hydrogens (tertiary/aromatic N) is 4. The topological polar surface area (TPSA) is 124 Å². The number of carbonyl (C=O) groups excluding carboxylic acids is 2. The van der Waals surface area contributed by atoms with E-state index < -0.39 is 11.9 Å². The third-order valence-corrected chi connectivity index (χ3v) is 5.32. The fraction of sp³-hybridized carbons (Fsp3) is 0.444. The number of aliphatic hydroxyl groups excluding tert-OH is 1. The van der Waals surface area contributed by atoms with Gasteiger partial charge < -0.3 is 20.6 Å². The van der Waals surface area contributed by atoms with E-state index in [-0.39, 0.29) is 18.3 Å². The van der Waals surface area contributed by atoms with Gasteiger partial charge in [-0.1, -0.05) is 0 Å².